The smallest absolute Gasteiger partial charge is 0.264 e. The molecule has 1 aliphatic heterocycles. The van der Waals surface area contributed by atoms with Crippen LogP contribution >= 0.6 is 11.6 Å². The number of carbonyl (C=O) groups is 1. The Labute approximate surface area is 194 Å². The maximum atomic E-state index is 13.7. The fourth-order valence-electron chi connectivity index (χ4n) is 4.13. The molecule has 1 aliphatic rings. The summed E-state index contributed by atoms with van der Waals surface area (Å²) in [5, 5.41) is 0.539. The zero-order chi connectivity index (χ0) is 22.9. The number of aryl methyl sites for hydroxylation is 1. The monoisotopic (exact) mass is 465 g/mol. The molecule has 0 amide bonds. The van der Waals surface area contributed by atoms with Crippen molar-refractivity contribution in [1.82, 2.24) is 4.31 Å². The Morgan fingerprint density at radius 3 is 2.19 bits per heavy atom. The summed E-state index contributed by atoms with van der Waals surface area (Å²) in [6.07, 6.45) is 2.17. The van der Waals surface area contributed by atoms with Gasteiger partial charge in [0.15, 0.2) is 5.78 Å². The summed E-state index contributed by atoms with van der Waals surface area (Å²) in [6.45, 7) is 3.92. The summed E-state index contributed by atoms with van der Waals surface area (Å²) in [4.78, 5) is 13.2. The van der Waals surface area contributed by atoms with Crippen LogP contribution in [0.3, 0.4) is 0 Å². The van der Waals surface area contributed by atoms with E-state index in [9.17, 15) is 13.2 Å². The molecule has 0 spiro atoms. The van der Waals surface area contributed by atoms with E-state index in [2.05, 4.69) is 0 Å². The number of benzene rings is 3. The van der Waals surface area contributed by atoms with E-state index in [0.29, 0.717) is 22.7 Å². The molecule has 0 radical (unpaired) electrons. The third kappa shape index (κ3) is 4.10. The number of hydrogen-bond acceptors (Lipinski definition) is 3. The van der Waals surface area contributed by atoms with Gasteiger partial charge in [0.1, 0.15) is 0 Å². The quantitative estimate of drug-likeness (QED) is 0.322. The Kier molecular flexibility index (Phi) is 6.22. The predicted molar refractivity (Wildman–Crippen MR) is 127 cm³/mol. The van der Waals surface area contributed by atoms with E-state index >= 15 is 0 Å². The third-order valence-corrected chi connectivity index (χ3v) is 7.91. The van der Waals surface area contributed by atoms with Crippen LogP contribution in [0.1, 0.15) is 40.9 Å². The molecule has 1 heterocycles. The number of ketones is 1. The first-order valence-corrected chi connectivity index (χ1v) is 12.3. The van der Waals surface area contributed by atoms with Crippen LogP contribution in [-0.4, -0.2) is 18.5 Å². The lowest BCUT2D eigenvalue weighted by Gasteiger charge is -2.50. The molecule has 164 valence electrons. The number of rotatable bonds is 6. The van der Waals surface area contributed by atoms with Crippen LogP contribution in [-0.2, 0) is 10.0 Å². The Balaban J connectivity index is 1.80. The average molecular weight is 466 g/mol. The second-order valence-corrected chi connectivity index (χ2v) is 10.2. The summed E-state index contributed by atoms with van der Waals surface area (Å²) < 4.78 is 28.8. The lowest BCUT2D eigenvalue weighted by atomic mass is 9.80. The topological polar surface area (TPSA) is 54.5 Å². The standard InChI is InChI=1S/C26H24ClNO3S/c1-3-23-24(17-25(29)19-11-13-21(27)14-12-19)28(26(23)20-7-5-4-6-8-20)32(30,31)22-15-9-18(2)10-16-22/h4-17,23,26H,3H2,1-2H3/b24-17+/t23-,26+/m0/s1. The van der Waals surface area contributed by atoms with Crippen molar-refractivity contribution in [2.45, 2.75) is 31.2 Å². The van der Waals surface area contributed by atoms with Crippen molar-refractivity contribution in [1.29, 1.82) is 0 Å². The first kappa shape index (κ1) is 22.3. The highest BCUT2D eigenvalue weighted by molar-refractivity contribution is 7.89. The first-order chi connectivity index (χ1) is 15.3. The van der Waals surface area contributed by atoms with Crippen LogP contribution in [0.5, 0.6) is 0 Å². The molecule has 0 saturated carbocycles. The van der Waals surface area contributed by atoms with Crippen LogP contribution < -0.4 is 0 Å². The number of hydrogen-bond donors (Lipinski definition) is 0. The fraction of sp³-hybridized carbons (Fsp3) is 0.192. The maximum absolute atomic E-state index is 13.7. The van der Waals surface area contributed by atoms with Gasteiger partial charge in [0.05, 0.1) is 10.9 Å². The van der Waals surface area contributed by atoms with Gasteiger partial charge in [0.25, 0.3) is 10.0 Å². The van der Waals surface area contributed by atoms with Crippen molar-refractivity contribution in [2.24, 2.45) is 5.92 Å². The molecule has 0 aromatic heterocycles. The van der Waals surface area contributed by atoms with E-state index in [-0.39, 0.29) is 22.6 Å². The van der Waals surface area contributed by atoms with E-state index in [4.69, 9.17) is 11.6 Å². The van der Waals surface area contributed by atoms with Crippen molar-refractivity contribution in [3.05, 3.63) is 112 Å². The van der Waals surface area contributed by atoms with Gasteiger partial charge in [-0.3, -0.25) is 9.10 Å². The van der Waals surface area contributed by atoms with Crippen LogP contribution in [0.2, 0.25) is 5.02 Å². The zero-order valence-electron chi connectivity index (χ0n) is 17.9. The lowest BCUT2D eigenvalue weighted by molar-refractivity contribution is 0.103. The van der Waals surface area contributed by atoms with Crippen molar-refractivity contribution >= 4 is 27.4 Å². The molecule has 2 atom stereocenters. The van der Waals surface area contributed by atoms with Crippen LogP contribution in [0.25, 0.3) is 0 Å². The molecule has 4 nitrogen and oxygen atoms in total. The molecular formula is C26H24ClNO3S. The van der Waals surface area contributed by atoms with Gasteiger partial charge in [0.2, 0.25) is 0 Å². The molecule has 0 aliphatic carbocycles. The van der Waals surface area contributed by atoms with Gasteiger partial charge >= 0.3 is 0 Å². The summed E-state index contributed by atoms with van der Waals surface area (Å²) in [5.74, 6) is -0.334. The van der Waals surface area contributed by atoms with E-state index < -0.39 is 10.0 Å². The second-order valence-electron chi connectivity index (χ2n) is 7.92. The van der Waals surface area contributed by atoms with Crippen molar-refractivity contribution in [2.75, 3.05) is 0 Å². The Hall–Kier alpha value is -2.89. The number of halogens is 1. The normalized spacial score (nSPS) is 19.6. The minimum atomic E-state index is -3.85. The summed E-state index contributed by atoms with van der Waals surface area (Å²) >= 11 is 5.94. The Bertz CT molecular complexity index is 1250. The summed E-state index contributed by atoms with van der Waals surface area (Å²) in [7, 11) is -3.85. The number of nitrogens with zero attached hydrogens (tertiary/aromatic N) is 1. The lowest BCUT2D eigenvalue weighted by Crippen LogP contribution is -2.50. The molecule has 3 aromatic carbocycles. The molecule has 0 unspecified atom stereocenters. The number of carbonyl (C=O) groups excluding carboxylic acids is 1. The minimum absolute atomic E-state index is 0.0890. The van der Waals surface area contributed by atoms with Gasteiger partial charge in [-0.05, 0) is 55.3 Å². The summed E-state index contributed by atoms with van der Waals surface area (Å²) in [6, 6.07) is 22.6. The second kappa shape index (κ2) is 8.93. The van der Waals surface area contributed by atoms with Crippen molar-refractivity contribution in [3.63, 3.8) is 0 Å². The molecule has 0 N–H and O–H groups in total. The average Bonchev–Trinajstić information content (AvgIpc) is 2.77. The third-order valence-electron chi connectivity index (χ3n) is 5.83. The van der Waals surface area contributed by atoms with E-state index in [1.165, 1.54) is 10.4 Å². The maximum Gasteiger partial charge on any atom is 0.264 e. The fourth-order valence-corrected chi connectivity index (χ4v) is 6.00. The van der Waals surface area contributed by atoms with Gasteiger partial charge in [-0.25, -0.2) is 8.42 Å². The van der Waals surface area contributed by atoms with Crippen LogP contribution in [0.15, 0.2) is 95.5 Å². The molecule has 6 heteroatoms. The zero-order valence-corrected chi connectivity index (χ0v) is 19.5. The van der Waals surface area contributed by atoms with Gasteiger partial charge in [-0.1, -0.05) is 66.6 Å². The number of sulfonamides is 1. The highest BCUT2D eigenvalue weighted by Gasteiger charge is 2.50. The highest BCUT2D eigenvalue weighted by atomic mass is 35.5. The Morgan fingerprint density at radius 2 is 1.59 bits per heavy atom. The Morgan fingerprint density at radius 1 is 0.969 bits per heavy atom. The first-order valence-electron chi connectivity index (χ1n) is 10.5. The van der Waals surface area contributed by atoms with Gasteiger partial charge in [0, 0.05) is 28.3 Å². The van der Waals surface area contributed by atoms with E-state index in [0.717, 1.165) is 11.1 Å². The molecule has 4 rings (SSSR count). The molecule has 32 heavy (non-hydrogen) atoms. The SMILES string of the molecule is CC[C@H]1/C(=C\C(=O)c2ccc(Cl)cc2)N(S(=O)(=O)c2ccc(C)cc2)[C@@H]1c1ccccc1. The molecule has 3 aromatic rings. The molecule has 1 saturated heterocycles. The van der Waals surface area contributed by atoms with Crippen LogP contribution in [0.4, 0.5) is 0 Å². The van der Waals surface area contributed by atoms with E-state index in [1.54, 1.807) is 48.5 Å². The highest BCUT2D eigenvalue weighted by Crippen LogP contribution is 2.52. The van der Waals surface area contributed by atoms with Crippen molar-refractivity contribution in [3.8, 4) is 0 Å². The minimum Gasteiger partial charge on any atom is -0.289 e. The van der Waals surface area contributed by atoms with Crippen LogP contribution in [0, 0.1) is 12.8 Å². The van der Waals surface area contributed by atoms with Crippen molar-refractivity contribution < 1.29 is 13.2 Å². The van der Waals surface area contributed by atoms with Gasteiger partial charge in [-0.15, -0.1) is 0 Å². The van der Waals surface area contributed by atoms with Gasteiger partial charge < -0.3 is 0 Å². The predicted octanol–water partition coefficient (Wildman–Crippen LogP) is 6.19. The summed E-state index contributed by atoms with van der Waals surface area (Å²) in [5.41, 5.74) is 2.87. The molecule has 1 fully saturated rings. The number of allylic oxidation sites excluding steroid dienone is 1. The molecule has 0 bridgehead atoms. The molecular weight excluding hydrogens is 442 g/mol. The van der Waals surface area contributed by atoms with E-state index in [1.807, 2.05) is 44.2 Å². The van der Waals surface area contributed by atoms with Gasteiger partial charge in [-0.2, -0.15) is 0 Å². The largest absolute Gasteiger partial charge is 0.289 e.